The van der Waals surface area contributed by atoms with Gasteiger partial charge in [0.15, 0.2) is 0 Å². The minimum absolute atomic E-state index is 0.163. The second-order valence-corrected chi connectivity index (χ2v) is 5.98. The monoisotopic (exact) mass is 321 g/mol. The van der Waals surface area contributed by atoms with Crippen LogP contribution in [-0.2, 0) is 4.74 Å². The molecule has 0 radical (unpaired) electrons. The fraction of sp³-hybridized carbons (Fsp3) is 0.647. The highest BCUT2D eigenvalue weighted by Crippen LogP contribution is 2.20. The maximum atomic E-state index is 12.5. The largest absolute Gasteiger partial charge is 0.462 e. The number of rotatable bonds is 6. The lowest BCUT2D eigenvalue weighted by atomic mass is 10.1. The topological polar surface area (TPSA) is 74.4 Å². The van der Waals surface area contributed by atoms with Crippen molar-refractivity contribution < 1.29 is 14.3 Å². The van der Waals surface area contributed by atoms with E-state index in [-0.39, 0.29) is 11.9 Å². The van der Waals surface area contributed by atoms with Crippen molar-refractivity contribution in [1.82, 2.24) is 15.2 Å². The Morgan fingerprint density at radius 3 is 2.74 bits per heavy atom. The molecular formula is C17H27N3O3. The molecule has 1 amide bonds. The van der Waals surface area contributed by atoms with Crippen LogP contribution in [0.1, 0.15) is 58.8 Å². The van der Waals surface area contributed by atoms with E-state index in [1.165, 1.54) is 6.42 Å². The summed E-state index contributed by atoms with van der Waals surface area (Å²) in [6.07, 6.45) is 2.30. The number of nitrogens with zero attached hydrogens (tertiary/aromatic N) is 1. The number of H-pyrrole nitrogens is 1. The molecule has 1 fully saturated rings. The molecule has 6 nitrogen and oxygen atoms in total. The Morgan fingerprint density at radius 1 is 1.35 bits per heavy atom. The molecule has 1 aliphatic rings. The van der Waals surface area contributed by atoms with Gasteiger partial charge in [-0.3, -0.25) is 9.69 Å². The summed E-state index contributed by atoms with van der Waals surface area (Å²) in [4.78, 5) is 29.9. The Hall–Kier alpha value is -1.82. The molecule has 2 heterocycles. The molecule has 0 aromatic carbocycles. The summed E-state index contributed by atoms with van der Waals surface area (Å²) in [5.41, 5.74) is 2.24. The smallest absolute Gasteiger partial charge is 0.340 e. The van der Waals surface area contributed by atoms with Crippen molar-refractivity contribution in [2.24, 2.45) is 0 Å². The Kier molecular flexibility index (Phi) is 5.82. The molecule has 0 bridgehead atoms. The van der Waals surface area contributed by atoms with Crippen LogP contribution in [0.25, 0.3) is 0 Å². The Bertz CT molecular complexity index is 580. The SMILES string of the molecule is CCOC(=O)c1c(C)[nH]c(C(=O)NCC2CCCN2CC)c1C. The van der Waals surface area contributed by atoms with Gasteiger partial charge >= 0.3 is 5.97 Å². The molecule has 0 spiro atoms. The molecule has 6 heteroatoms. The molecule has 0 aliphatic carbocycles. The highest BCUT2D eigenvalue weighted by molar-refractivity contribution is 6.00. The quantitative estimate of drug-likeness (QED) is 0.786. The van der Waals surface area contributed by atoms with Gasteiger partial charge in [0.25, 0.3) is 5.91 Å². The Morgan fingerprint density at radius 2 is 2.09 bits per heavy atom. The van der Waals surface area contributed by atoms with Crippen LogP contribution in [-0.4, -0.2) is 54.0 Å². The maximum absolute atomic E-state index is 12.5. The van der Waals surface area contributed by atoms with Crippen LogP contribution in [0.15, 0.2) is 0 Å². The minimum atomic E-state index is -0.384. The van der Waals surface area contributed by atoms with Crippen molar-refractivity contribution in [3.8, 4) is 0 Å². The van der Waals surface area contributed by atoms with Gasteiger partial charge in [0.05, 0.1) is 12.2 Å². The zero-order chi connectivity index (χ0) is 17.0. The molecule has 1 aromatic rings. The van der Waals surface area contributed by atoms with Crippen molar-refractivity contribution in [1.29, 1.82) is 0 Å². The minimum Gasteiger partial charge on any atom is -0.462 e. The summed E-state index contributed by atoms with van der Waals surface area (Å²) in [7, 11) is 0. The summed E-state index contributed by atoms with van der Waals surface area (Å²) in [5.74, 6) is -0.546. The summed E-state index contributed by atoms with van der Waals surface area (Å²) >= 11 is 0. The van der Waals surface area contributed by atoms with E-state index in [4.69, 9.17) is 4.74 Å². The molecule has 2 N–H and O–H groups in total. The first-order chi connectivity index (χ1) is 11.0. The summed E-state index contributed by atoms with van der Waals surface area (Å²) in [6.45, 7) is 10.5. The van der Waals surface area contributed by atoms with Gasteiger partial charge in [0.1, 0.15) is 5.69 Å². The van der Waals surface area contributed by atoms with Crippen molar-refractivity contribution in [3.05, 3.63) is 22.5 Å². The fourth-order valence-corrected chi connectivity index (χ4v) is 3.33. The predicted molar refractivity (Wildman–Crippen MR) is 88.8 cm³/mol. The van der Waals surface area contributed by atoms with Crippen LogP contribution in [0, 0.1) is 13.8 Å². The van der Waals surface area contributed by atoms with Crippen LogP contribution < -0.4 is 5.32 Å². The number of amides is 1. The van der Waals surface area contributed by atoms with Gasteiger partial charge in [-0.05, 0) is 52.3 Å². The van der Waals surface area contributed by atoms with E-state index in [1.54, 1.807) is 20.8 Å². The molecule has 1 aromatic heterocycles. The second-order valence-electron chi connectivity index (χ2n) is 5.98. The number of aromatic amines is 1. The summed E-state index contributed by atoms with van der Waals surface area (Å²) in [5, 5.41) is 2.99. The number of aromatic nitrogens is 1. The number of esters is 1. The number of likely N-dealkylation sites (tertiary alicyclic amines) is 1. The molecule has 2 rings (SSSR count). The van der Waals surface area contributed by atoms with E-state index in [1.807, 2.05) is 0 Å². The van der Waals surface area contributed by atoms with Crippen molar-refractivity contribution in [3.63, 3.8) is 0 Å². The van der Waals surface area contributed by atoms with Gasteiger partial charge in [-0.15, -0.1) is 0 Å². The number of aryl methyl sites for hydroxylation is 1. The summed E-state index contributed by atoms with van der Waals surface area (Å²) in [6, 6.07) is 0.407. The molecule has 23 heavy (non-hydrogen) atoms. The lowest BCUT2D eigenvalue weighted by molar-refractivity contribution is 0.0525. The van der Waals surface area contributed by atoms with Gasteiger partial charge in [0.2, 0.25) is 0 Å². The number of nitrogens with one attached hydrogen (secondary N) is 2. The average Bonchev–Trinajstić information content (AvgIpc) is 3.09. The normalized spacial score (nSPS) is 18.2. The van der Waals surface area contributed by atoms with E-state index in [2.05, 4.69) is 22.1 Å². The van der Waals surface area contributed by atoms with Crippen LogP contribution in [0.2, 0.25) is 0 Å². The second kappa shape index (κ2) is 7.64. The molecule has 0 saturated carbocycles. The Balaban J connectivity index is 2.05. The van der Waals surface area contributed by atoms with Crippen LogP contribution in [0.4, 0.5) is 0 Å². The van der Waals surface area contributed by atoms with Crippen molar-refractivity contribution in [2.45, 2.75) is 46.6 Å². The van der Waals surface area contributed by atoms with Crippen LogP contribution >= 0.6 is 0 Å². The fourth-order valence-electron chi connectivity index (χ4n) is 3.33. The molecule has 1 unspecified atom stereocenters. The highest BCUT2D eigenvalue weighted by Gasteiger charge is 2.26. The maximum Gasteiger partial charge on any atom is 0.340 e. The molecule has 1 atom stereocenters. The average molecular weight is 321 g/mol. The zero-order valence-electron chi connectivity index (χ0n) is 14.5. The third kappa shape index (κ3) is 3.75. The number of hydrogen-bond acceptors (Lipinski definition) is 4. The van der Waals surface area contributed by atoms with Crippen LogP contribution in [0.5, 0.6) is 0 Å². The number of likely N-dealkylation sites (N-methyl/N-ethyl adjacent to an activating group) is 1. The number of hydrogen-bond donors (Lipinski definition) is 2. The van der Waals surface area contributed by atoms with Crippen LogP contribution in [0.3, 0.4) is 0 Å². The Labute approximate surface area is 137 Å². The predicted octanol–water partition coefficient (Wildman–Crippen LogP) is 2.02. The van der Waals surface area contributed by atoms with E-state index >= 15 is 0 Å². The first-order valence-electron chi connectivity index (χ1n) is 8.38. The first kappa shape index (κ1) is 17.5. The first-order valence-corrected chi connectivity index (χ1v) is 8.38. The third-order valence-electron chi connectivity index (χ3n) is 4.55. The zero-order valence-corrected chi connectivity index (χ0v) is 14.5. The lowest BCUT2D eigenvalue weighted by Crippen LogP contribution is -2.40. The number of carbonyl (C=O) groups is 2. The van der Waals surface area contributed by atoms with E-state index in [9.17, 15) is 9.59 Å². The summed E-state index contributed by atoms with van der Waals surface area (Å²) < 4.78 is 5.06. The molecule has 1 aliphatic heterocycles. The lowest BCUT2D eigenvalue weighted by Gasteiger charge is -2.22. The number of carbonyl (C=O) groups excluding carboxylic acids is 2. The molecule has 128 valence electrons. The number of ether oxygens (including phenoxy) is 1. The van der Waals surface area contributed by atoms with E-state index < -0.39 is 0 Å². The van der Waals surface area contributed by atoms with Gasteiger partial charge in [-0.25, -0.2) is 4.79 Å². The standard InChI is InChI=1S/C17H27N3O3/c1-5-20-9-7-8-13(20)10-18-16(21)15-11(3)14(12(4)19-15)17(22)23-6-2/h13,19H,5-10H2,1-4H3,(H,18,21). The van der Waals surface area contributed by atoms with E-state index in [0.717, 1.165) is 19.5 Å². The third-order valence-corrected chi connectivity index (χ3v) is 4.55. The molecule has 1 saturated heterocycles. The highest BCUT2D eigenvalue weighted by atomic mass is 16.5. The van der Waals surface area contributed by atoms with E-state index in [0.29, 0.717) is 41.7 Å². The van der Waals surface area contributed by atoms with Gasteiger partial charge in [-0.1, -0.05) is 6.92 Å². The van der Waals surface area contributed by atoms with Gasteiger partial charge in [0, 0.05) is 18.3 Å². The van der Waals surface area contributed by atoms with Crippen molar-refractivity contribution >= 4 is 11.9 Å². The van der Waals surface area contributed by atoms with Gasteiger partial charge in [-0.2, -0.15) is 0 Å². The van der Waals surface area contributed by atoms with Gasteiger partial charge < -0.3 is 15.0 Å². The molecular weight excluding hydrogens is 294 g/mol. The van der Waals surface area contributed by atoms with Crippen molar-refractivity contribution in [2.75, 3.05) is 26.2 Å².